The molecule has 0 spiro atoms. The third kappa shape index (κ3) is 4.09. The van der Waals surface area contributed by atoms with E-state index in [1.54, 1.807) is 12.3 Å². The summed E-state index contributed by atoms with van der Waals surface area (Å²) in [5.41, 5.74) is 3.55. The van der Waals surface area contributed by atoms with E-state index in [1.165, 1.54) is 4.90 Å². The number of aliphatic carboxylic acids is 1. The maximum absolute atomic E-state index is 12.9. The van der Waals surface area contributed by atoms with Gasteiger partial charge in [0.1, 0.15) is 24.8 Å². The van der Waals surface area contributed by atoms with Crippen LogP contribution in [0.4, 0.5) is 4.39 Å². The normalized spacial score (nSPS) is 13.8. The topological polar surface area (TPSA) is 117 Å². The number of carboxylic acids is 1. The van der Waals surface area contributed by atoms with Gasteiger partial charge in [0.05, 0.1) is 6.26 Å². The minimum Gasteiger partial charge on any atom is -0.480 e. The van der Waals surface area contributed by atoms with Gasteiger partial charge in [0.15, 0.2) is 5.78 Å². The van der Waals surface area contributed by atoms with Gasteiger partial charge in [-0.25, -0.2) is 9.18 Å². The number of fused-ring (bicyclic) bond motifs is 2. The number of amides is 2. The Morgan fingerprint density at radius 1 is 1.16 bits per heavy atom. The molecule has 164 valence electrons. The Morgan fingerprint density at radius 2 is 1.94 bits per heavy atom. The lowest BCUT2D eigenvalue weighted by Crippen LogP contribution is -2.46. The van der Waals surface area contributed by atoms with Gasteiger partial charge in [0.25, 0.3) is 5.91 Å². The highest BCUT2D eigenvalue weighted by atomic mass is 19.1. The van der Waals surface area contributed by atoms with Gasteiger partial charge in [0, 0.05) is 29.5 Å². The lowest BCUT2D eigenvalue weighted by Gasteiger charge is -2.18. The van der Waals surface area contributed by atoms with Crippen molar-refractivity contribution in [3.05, 3.63) is 59.9 Å². The van der Waals surface area contributed by atoms with Crippen molar-refractivity contribution in [1.82, 2.24) is 10.2 Å². The van der Waals surface area contributed by atoms with Gasteiger partial charge < -0.3 is 19.7 Å². The predicted octanol–water partition coefficient (Wildman–Crippen LogP) is 2.55. The molecule has 1 atom stereocenters. The molecule has 0 aliphatic carbocycles. The molecule has 2 heterocycles. The van der Waals surface area contributed by atoms with Crippen molar-refractivity contribution < 1.29 is 33.1 Å². The molecule has 0 saturated carbocycles. The number of alkyl halides is 1. The van der Waals surface area contributed by atoms with Crippen LogP contribution in [0.3, 0.4) is 0 Å². The van der Waals surface area contributed by atoms with Gasteiger partial charge in [-0.2, -0.15) is 0 Å². The number of halogens is 1. The number of furan rings is 1. The van der Waals surface area contributed by atoms with E-state index in [0.29, 0.717) is 5.56 Å². The molecule has 0 saturated heterocycles. The number of hydrogen-bond acceptors (Lipinski definition) is 5. The van der Waals surface area contributed by atoms with E-state index in [1.807, 2.05) is 36.4 Å². The summed E-state index contributed by atoms with van der Waals surface area (Å²) in [6, 6.07) is 11.4. The van der Waals surface area contributed by atoms with Crippen molar-refractivity contribution in [1.29, 1.82) is 0 Å². The standard InChI is InChI=1S/C23H19FN2O6/c24-9-15(27)8-19(23(30)31)25-21(28)11-26-10-14-6-5-13(7-17(14)22(26)29)18-12-32-20-4-2-1-3-16(18)20/h1-7,12,19H,8-11H2,(H,25,28)(H,30,31). The summed E-state index contributed by atoms with van der Waals surface area (Å²) in [7, 11) is 0. The molecule has 2 amide bonds. The highest BCUT2D eigenvalue weighted by Crippen LogP contribution is 2.33. The van der Waals surface area contributed by atoms with Gasteiger partial charge in [-0.15, -0.1) is 0 Å². The molecule has 1 aliphatic rings. The first-order valence-corrected chi connectivity index (χ1v) is 9.86. The van der Waals surface area contributed by atoms with E-state index in [0.717, 1.165) is 27.7 Å². The Hall–Kier alpha value is -4.01. The summed E-state index contributed by atoms with van der Waals surface area (Å²) in [5, 5.41) is 12.2. The SMILES string of the molecule is O=C(CF)CC(NC(=O)CN1Cc2ccc(-c3coc4ccccc34)cc2C1=O)C(=O)O. The molecule has 1 aromatic heterocycles. The minimum atomic E-state index is -1.55. The molecule has 1 unspecified atom stereocenters. The minimum absolute atomic E-state index is 0.190. The third-order valence-electron chi connectivity index (χ3n) is 5.33. The van der Waals surface area contributed by atoms with Gasteiger partial charge in [0.2, 0.25) is 5.91 Å². The number of Topliss-reactive ketones (excluding diaryl/α,β-unsaturated/α-hetero) is 1. The number of nitrogens with one attached hydrogen (secondary N) is 1. The average Bonchev–Trinajstić information content (AvgIpc) is 3.34. The molecule has 3 aromatic rings. The summed E-state index contributed by atoms with van der Waals surface area (Å²) >= 11 is 0. The van der Waals surface area contributed by atoms with Gasteiger partial charge in [-0.05, 0) is 23.3 Å². The zero-order valence-electron chi connectivity index (χ0n) is 16.8. The number of carbonyl (C=O) groups excluding carboxylic acids is 3. The molecule has 32 heavy (non-hydrogen) atoms. The average molecular weight is 438 g/mol. The maximum atomic E-state index is 12.9. The van der Waals surface area contributed by atoms with E-state index in [-0.39, 0.29) is 19.0 Å². The summed E-state index contributed by atoms with van der Waals surface area (Å²) in [6.45, 7) is -1.51. The zero-order chi connectivity index (χ0) is 22.8. The van der Waals surface area contributed by atoms with Crippen LogP contribution < -0.4 is 5.32 Å². The molecule has 0 fully saturated rings. The van der Waals surface area contributed by atoms with Crippen LogP contribution in [-0.4, -0.2) is 52.8 Å². The molecule has 0 radical (unpaired) electrons. The Kier molecular flexibility index (Phi) is 5.72. The monoisotopic (exact) mass is 438 g/mol. The Morgan fingerprint density at radius 3 is 2.69 bits per heavy atom. The Balaban J connectivity index is 1.48. The fourth-order valence-corrected chi connectivity index (χ4v) is 3.75. The number of nitrogens with zero attached hydrogens (tertiary/aromatic N) is 1. The van der Waals surface area contributed by atoms with Crippen molar-refractivity contribution in [3.8, 4) is 11.1 Å². The molecular weight excluding hydrogens is 419 g/mol. The molecular formula is C23H19FN2O6. The van der Waals surface area contributed by atoms with Crippen LogP contribution in [0, 0.1) is 0 Å². The number of carboxylic acid groups (broad SMARTS) is 1. The van der Waals surface area contributed by atoms with Crippen LogP contribution in [0.1, 0.15) is 22.3 Å². The van der Waals surface area contributed by atoms with Crippen LogP contribution in [0.25, 0.3) is 22.1 Å². The highest BCUT2D eigenvalue weighted by molar-refractivity contribution is 6.03. The molecule has 0 bridgehead atoms. The van der Waals surface area contributed by atoms with Gasteiger partial charge in [-0.1, -0.05) is 30.3 Å². The lowest BCUT2D eigenvalue weighted by molar-refractivity contribution is -0.143. The van der Waals surface area contributed by atoms with Crippen molar-refractivity contribution >= 4 is 34.5 Å². The first-order chi connectivity index (χ1) is 15.4. The molecule has 4 rings (SSSR count). The quantitative estimate of drug-likeness (QED) is 0.558. The number of rotatable bonds is 8. The van der Waals surface area contributed by atoms with E-state index in [2.05, 4.69) is 5.32 Å². The van der Waals surface area contributed by atoms with Crippen molar-refractivity contribution in [2.24, 2.45) is 0 Å². The smallest absolute Gasteiger partial charge is 0.326 e. The fourth-order valence-electron chi connectivity index (χ4n) is 3.75. The first-order valence-electron chi connectivity index (χ1n) is 9.86. The second kappa shape index (κ2) is 8.62. The summed E-state index contributed by atoms with van der Waals surface area (Å²) in [5.74, 6) is -3.49. The van der Waals surface area contributed by atoms with E-state index in [9.17, 15) is 23.6 Å². The Labute approximate surface area is 181 Å². The largest absolute Gasteiger partial charge is 0.480 e. The highest BCUT2D eigenvalue weighted by Gasteiger charge is 2.31. The predicted molar refractivity (Wildman–Crippen MR) is 112 cm³/mol. The van der Waals surface area contributed by atoms with Crippen molar-refractivity contribution in [3.63, 3.8) is 0 Å². The van der Waals surface area contributed by atoms with Crippen LogP contribution in [0.2, 0.25) is 0 Å². The number of carbonyl (C=O) groups is 4. The number of para-hydroxylation sites is 1. The second-order valence-electron chi connectivity index (χ2n) is 7.51. The zero-order valence-corrected chi connectivity index (χ0v) is 16.8. The molecule has 2 N–H and O–H groups in total. The first kappa shape index (κ1) is 21.2. The van der Waals surface area contributed by atoms with Crippen LogP contribution >= 0.6 is 0 Å². The summed E-state index contributed by atoms with van der Waals surface area (Å²) in [6.07, 6.45) is 0.968. The Bertz CT molecular complexity index is 1230. The molecule has 1 aliphatic heterocycles. The number of ketones is 1. The molecule has 8 nitrogen and oxygen atoms in total. The molecule has 9 heteroatoms. The summed E-state index contributed by atoms with van der Waals surface area (Å²) < 4.78 is 18.0. The van der Waals surface area contributed by atoms with Crippen molar-refractivity contribution in [2.45, 2.75) is 19.0 Å². The second-order valence-corrected chi connectivity index (χ2v) is 7.51. The van der Waals surface area contributed by atoms with E-state index < -0.39 is 36.8 Å². The van der Waals surface area contributed by atoms with Crippen LogP contribution in [-0.2, 0) is 20.9 Å². The summed E-state index contributed by atoms with van der Waals surface area (Å²) in [4.78, 5) is 48.9. The van der Waals surface area contributed by atoms with Crippen LogP contribution in [0.15, 0.2) is 53.1 Å². The van der Waals surface area contributed by atoms with Gasteiger partial charge >= 0.3 is 5.97 Å². The van der Waals surface area contributed by atoms with Gasteiger partial charge in [-0.3, -0.25) is 14.4 Å². The third-order valence-corrected chi connectivity index (χ3v) is 5.33. The molecule has 2 aromatic carbocycles. The van der Waals surface area contributed by atoms with E-state index in [4.69, 9.17) is 9.52 Å². The lowest BCUT2D eigenvalue weighted by atomic mass is 10.00. The van der Waals surface area contributed by atoms with Crippen molar-refractivity contribution in [2.75, 3.05) is 13.2 Å². The van der Waals surface area contributed by atoms with E-state index >= 15 is 0 Å². The number of benzene rings is 2. The number of hydrogen-bond donors (Lipinski definition) is 2. The maximum Gasteiger partial charge on any atom is 0.326 e. The fraction of sp³-hybridized carbons (Fsp3) is 0.217. The van der Waals surface area contributed by atoms with Crippen LogP contribution in [0.5, 0.6) is 0 Å².